The summed E-state index contributed by atoms with van der Waals surface area (Å²) >= 11 is 0. The molecule has 0 saturated carbocycles. The molecule has 1 aliphatic rings. The van der Waals surface area contributed by atoms with Crippen LogP contribution in [0.3, 0.4) is 0 Å². The molecular formula is C22H36N2O2. The minimum absolute atomic E-state index is 0.00575. The van der Waals surface area contributed by atoms with Crippen LogP contribution in [0.4, 0.5) is 0 Å². The van der Waals surface area contributed by atoms with E-state index in [-0.39, 0.29) is 5.91 Å². The standard InChI is InChI=1S/C22H36N2O2/c1-6-20(26-21-10-7-9-18(4)19(21)5)22(25)23-11-8-12-24-14-16(2)13-17(3)15-24/h7,9-10,16-17,20H,6,8,11-15H2,1-5H3,(H,23,25)/t16-,17+,20-/m1/s1. The first-order chi connectivity index (χ1) is 12.4. The van der Waals surface area contributed by atoms with Gasteiger partial charge >= 0.3 is 0 Å². The molecule has 1 heterocycles. The molecule has 1 aliphatic heterocycles. The van der Waals surface area contributed by atoms with Gasteiger partial charge in [-0.1, -0.05) is 32.9 Å². The normalized spacial score (nSPS) is 22.0. The Balaban J connectivity index is 1.76. The number of carbonyl (C=O) groups excluding carboxylic acids is 1. The molecule has 0 aromatic heterocycles. The SMILES string of the molecule is CC[C@@H](Oc1cccc(C)c1C)C(=O)NCCCN1C[C@H](C)C[C@H](C)C1. The molecule has 0 radical (unpaired) electrons. The van der Waals surface area contributed by atoms with E-state index in [4.69, 9.17) is 4.74 Å². The van der Waals surface area contributed by atoms with Crippen molar-refractivity contribution in [3.05, 3.63) is 29.3 Å². The predicted molar refractivity (Wildman–Crippen MR) is 108 cm³/mol. The average Bonchev–Trinajstić information content (AvgIpc) is 2.59. The third-order valence-corrected chi connectivity index (χ3v) is 5.38. The van der Waals surface area contributed by atoms with Crippen LogP contribution in [0.1, 0.15) is 51.2 Å². The van der Waals surface area contributed by atoms with Crippen LogP contribution in [0.25, 0.3) is 0 Å². The van der Waals surface area contributed by atoms with E-state index < -0.39 is 6.10 Å². The van der Waals surface area contributed by atoms with Gasteiger partial charge in [0.1, 0.15) is 5.75 Å². The van der Waals surface area contributed by atoms with E-state index in [2.05, 4.69) is 37.1 Å². The Morgan fingerprint density at radius 3 is 2.62 bits per heavy atom. The fourth-order valence-electron chi connectivity index (χ4n) is 3.93. The Hall–Kier alpha value is -1.55. The fourth-order valence-corrected chi connectivity index (χ4v) is 3.93. The number of carbonyl (C=O) groups is 1. The Labute approximate surface area is 159 Å². The topological polar surface area (TPSA) is 41.6 Å². The molecule has 1 aromatic rings. The highest BCUT2D eigenvalue weighted by atomic mass is 16.5. The molecule has 1 aromatic carbocycles. The second kappa shape index (κ2) is 9.96. The molecule has 1 amide bonds. The molecule has 1 saturated heterocycles. The van der Waals surface area contributed by atoms with Crippen LogP contribution in [-0.2, 0) is 4.79 Å². The minimum atomic E-state index is -0.425. The molecule has 0 spiro atoms. The first-order valence-electron chi connectivity index (χ1n) is 10.1. The van der Waals surface area contributed by atoms with E-state index in [9.17, 15) is 4.79 Å². The van der Waals surface area contributed by atoms with Crippen molar-refractivity contribution in [2.75, 3.05) is 26.2 Å². The zero-order chi connectivity index (χ0) is 19.1. The van der Waals surface area contributed by atoms with E-state index in [0.29, 0.717) is 13.0 Å². The van der Waals surface area contributed by atoms with E-state index in [1.165, 1.54) is 25.1 Å². The van der Waals surface area contributed by atoms with Gasteiger partial charge in [0.15, 0.2) is 6.10 Å². The summed E-state index contributed by atoms with van der Waals surface area (Å²) < 4.78 is 5.99. The summed E-state index contributed by atoms with van der Waals surface area (Å²) in [5.74, 6) is 2.37. The number of likely N-dealkylation sites (tertiary alicyclic amines) is 1. The number of nitrogens with zero attached hydrogens (tertiary/aromatic N) is 1. The average molecular weight is 361 g/mol. The number of amides is 1. The first kappa shape index (κ1) is 20.8. The van der Waals surface area contributed by atoms with Crippen LogP contribution in [0.15, 0.2) is 18.2 Å². The van der Waals surface area contributed by atoms with Crippen LogP contribution < -0.4 is 10.1 Å². The van der Waals surface area contributed by atoms with Crippen LogP contribution in [0.2, 0.25) is 0 Å². The number of hydrogen-bond acceptors (Lipinski definition) is 3. The van der Waals surface area contributed by atoms with Crippen molar-refractivity contribution in [3.63, 3.8) is 0 Å². The van der Waals surface area contributed by atoms with E-state index in [1.807, 2.05) is 26.0 Å². The van der Waals surface area contributed by atoms with Crippen LogP contribution in [0.5, 0.6) is 5.75 Å². The third-order valence-electron chi connectivity index (χ3n) is 5.38. The van der Waals surface area contributed by atoms with Crippen LogP contribution in [-0.4, -0.2) is 43.1 Å². The molecule has 1 fully saturated rings. The monoisotopic (exact) mass is 360 g/mol. The molecule has 3 atom stereocenters. The summed E-state index contributed by atoms with van der Waals surface area (Å²) in [6.07, 6.45) is 2.57. The Morgan fingerprint density at radius 1 is 1.27 bits per heavy atom. The number of aryl methyl sites for hydroxylation is 1. The lowest BCUT2D eigenvalue weighted by Gasteiger charge is -2.35. The molecule has 26 heavy (non-hydrogen) atoms. The van der Waals surface area contributed by atoms with Gasteiger partial charge in [-0.05, 0) is 68.7 Å². The fraction of sp³-hybridized carbons (Fsp3) is 0.682. The maximum atomic E-state index is 12.5. The van der Waals surface area contributed by atoms with Gasteiger partial charge in [-0.3, -0.25) is 4.79 Å². The molecule has 1 N–H and O–H groups in total. The second-order valence-corrected chi connectivity index (χ2v) is 8.06. The third kappa shape index (κ3) is 6.01. The number of benzene rings is 1. The zero-order valence-corrected chi connectivity index (χ0v) is 17.2. The first-order valence-corrected chi connectivity index (χ1v) is 10.1. The molecular weight excluding hydrogens is 324 g/mol. The summed E-state index contributed by atoms with van der Waals surface area (Å²) in [5, 5.41) is 3.06. The van der Waals surface area contributed by atoms with Crippen molar-refractivity contribution in [2.45, 2.75) is 60.0 Å². The van der Waals surface area contributed by atoms with Gasteiger partial charge in [-0.25, -0.2) is 0 Å². The maximum Gasteiger partial charge on any atom is 0.261 e. The largest absolute Gasteiger partial charge is 0.480 e. The van der Waals surface area contributed by atoms with Crippen molar-refractivity contribution in [1.82, 2.24) is 10.2 Å². The molecule has 0 unspecified atom stereocenters. The lowest BCUT2D eigenvalue weighted by Crippen LogP contribution is -2.42. The summed E-state index contributed by atoms with van der Waals surface area (Å²) in [5.41, 5.74) is 2.29. The lowest BCUT2D eigenvalue weighted by molar-refractivity contribution is -0.128. The number of ether oxygens (including phenoxy) is 1. The van der Waals surface area contributed by atoms with Crippen molar-refractivity contribution in [3.8, 4) is 5.75 Å². The predicted octanol–water partition coefficient (Wildman–Crippen LogP) is 3.95. The van der Waals surface area contributed by atoms with E-state index in [0.717, 1.165) is 36.1 Å². The van der Waals surface area contributed by atoms with Crippen molar-refractivity contribution < 1.29 is 9.53 Å². The summed E-state index contributed by atoms with van der Waals surface area (Å²) in [6, 6.07) is 5.98. The Morgan fingerprint density at radius 2 is 1.96 bits per heavy atom. The number of rotatable bonds is 8. The van der Waals surface area contributed by atoms with Gasteiger partial charge in [0, 0.05) is 19.6 Å². The molecule has 4 heteroatoms. The molecule has 146 valence electrons. The maximum absolute atomic E-state index is 12.5. The van der Waals surface area contributed by atoms with Gasteiger partial charge in [0.05, 0.1) is 0 Å². The highest BCUT2D eigenvalue weighted by Gasteiger charge is 2.22. The highest BCUT2D eigenvalue weighted by Crippen LogP contribution is 2.23. The van der Waals surface area contributed by atoms with Crippen LogP contribution >= 0.6 is 0 Å². The van der Waals surface area contributed by atoms with Crippen molar-refractivity contribution >= 4 is 5.91 Å². The van der Waals surface area contributed by atoms with Gasteiger partial charge < -0.3 is 15.0 Å². The van der Waals surface area contributed by atoms with Gasteiger partial charge in [0.25, 0.3) is 5.91 Å². The number of hydrogen-bond donors (Lipinski definition) is 1. The number of nitrogens with one attached hydrogen (secondary N) is 1. The molecule has 4 nitrogen and oxygen atoms in total. The van der Waals surface area contributed by atoms with E-state index in [1.54, 1.807) is 0 Å². The summed E-state index contributed by atoms with van der Waals surface area (Å²) in [4.78, 5) is 15.0. The van der Waals surface area contributed by atoms with Crippen molar-refractivity contribution in [2.24, 2.45) is 11.8 Å². The Bertz CT molecular complexity index is 578. The second-order valence-electron chi connectivity index (χ2n) is 8.06. The van der Waals surface area contributed by atoms with Gasteiger partial charge in [-0.2, -0.15) is 0 Å². The lowest BCUT2D eigenvalue weighted by atomic mass is 9.92. The van der Waals surface area contributed by atoms with Crippen LogP contribution in [0, 0.1) is 25.7 Å². The quantitative estimate of drug-likeness (QED) is 0.714. The zero-order valence-electron chi connectivity index (χ0n) is 17.2. The number of piperidine rings is 1. The van der Waals surface area contributed by atoms with Gasteiger partial charge in [-0.15, -0.1) is 0 Å². The minimum Gasteiger partial charge on any atom is -0.480 e. The smallest absolute Gasteiger partial charge is 0.261 e. The van der Waals surface area contributed by atoms with Gasteiger partial charge in [0.2, 0.25) is 0 Å². The molecule has 2 rings (SSSR count). The summed E-state index contributed by atoms with van der Waals surface area (Å²) in [7, 11) is 0. The van der Waals surface area contributed by atoms with E-state index >= 15 is 0 Å². The highest BCUT2D eigenvalue weighted by molar-refractivity contribution is 5.81. The molecule has 0 bridgehead atoms. The Kier molecular flexibility index (Phi) is 7.95. The van der Waals surface area contributed by atoms with Crippen molar-refractivity contribution in [1.29, 1.82) is 0 Å². The summed E-state index contributed by atoms with van der Waals surface area (Å²) in [6.45, 7) is 14.9. The molecule has 0 aliphatic carbocycles.